The second-order valence-corrected chi connectivity index (χ2v) is 13.0. The SMILES string of the molecule is N#Cc1cc(Cn2nc(-c3cccc(Oc4cccc(C(=O)O)c4)c3)sc2=Nc2ccc(Cl)c(Cl)c2)ccc1C(F)(F)P(=O)(O)O. The van der Waals surface area contributed by atoms with Crippen molar-refractivity contribution in [1.29, 1.82) is 5.26 Å². The molecule has 1 aromatic heterocycles. The smallest absolute Gasteiger partial charge is 0.399 e. The van der Waals surface area contributed by atoms with Gasteiger partial charge in [-0.05, 0) is 60.2 Å². The lowest BCUT2D eigenvalue weighted by atomic mass is 10.0. The summed E-state index contributed by atoms with van der Waals surface area (Å²) in [6, 6.07) is 22.3. The molecule has 0 unspecified atom stereocenters. The third-order valence-corrected chi connectivity index (χ3v) is 9.08. The number of carboxylic acid groups (broad SMARTS) is 1. The minimum Gasteiger partial charge on any atom is -0.478 e. The number of aromatic carboxylic acids is 1. The van der Waals surface area contributed by atoms with Gasteiger partial charge in [-0.2, -0.15) is 19.1 Å². The number of nitrogens with zero attached hydrogens (tertiary/aromatic N) is 4. The zero-order chi connectivity index (χ0) is 33.2. The van der Waals surface area contributed by atoms with Crippen molar-refractivity contribution in [3.8, 4) is 28.1 Å². The normalized spacial score (nSPS) is 12.2. The Balaban J connectivity index is 1.55. The first-order valence-corrected chi connectivity index (χ1v) is 16.1. The highest BCUT2D eigenvalue weighted by atomic mass is 35.5. The van der Waals surface area contributed by atoms with E-state index in [1.165, 1.54) is 34.2 Å². The Kier molecular flexibility index (Phi) is 9.42. The van der Waals surface area contributed by atoms with Gasteiger partial charge in [0.05, 0.1) is 45.0 Å². The molecule has 4 aromatic carbocycles. The van der Waals surface area contributed by atoms with Crippen molar-refractivity contribution in [3.05, 3.63) is 122 Å². The van der Waals surface area contributed by atoms with Crippen LogP contribution in [0.15, 0.2) is 89.9 Å². The van der Waals surface area contributed by atoms with Gasteiger partial charge >= 0.3 is 19.2 Å². The number of nitriles is 1. The van der Waals surface area contributed by atoms with Gasteiger partial charge in [0.2, 0.25) is 4.80 Å². The number of benzene rings is 4. The molecular weight excluding hydrogens is 684 g/mol. The topological polar surface area (TPSA) is 158 Å². The van der Waals surface area contributed by atoms with E-state index < -0.39 is 30.4 Å². The molecule has 5 rings (SSSR count). The average molecular weight is 703 g/mol. The van der Waals surface area contributed by atoms with Crippen LogP contribution in [0.2, 0.25) is 10.0 Å². The van der Waals surface area contributed by atoms with Gasteiger partial charge in [0.1, 0.15) is 16.5 Å². The number of ether oxygens (including phenoxy) is 1. The lowest BCUT2D eigenvalue weighted by Crippen LogP contribution is -2.18. The molecule has 0 aliphatic rings. The van der Waals surface area contributed by atoms with Crippen LogP contribution < -0.4 is 9.54 Å². The van der Waals surface area contributed by atoms with Crippen LogP contribution in [0.3, 0.4) is 0 Å². The van der Waals surface area contributed by atoms with Crippen molar-refractivity contribution >= 4 is 53.8 Å². The third kappa shape index (κ3) is 7.18. The summed E-state index contributed by atoms with van der Waals surface area (Å²) >= 11 is 13.4. The number of halogens is 4. The molecule has 0 saturated carbocycles. The highest BCUT2D eigenvalue weighted by Gasteiger charge is 2.51. The Labute approximate surface area is 273 Å². The van der Waals surface area contributed by atoms with Gasteiger partial charge in [-0.3, -0.25) is 4.57 Å². The van der Waals surface area contributed by atoms with E-state index in [1.807, 2.05) is 0 Å². The maximum Gasteiger partial charge on any atom is 0.399 e. The molecular formula is C30H19Cl2F2N4O6PS. The standard InChI is InChI=1S/C30H19Cl2F2N4O6PS/c31-25-10-8-21(14-26(25)32)36-29-38(16-17-7-9-24(20(11-17)15-35)30(33,34)45(41,42)43)37-27(46-29)18-3-1-5-22(12-18)44-23-6-2-4-19(13-23)28(39)40/h1-14H,16H2,(H,39,40)(H2,41,42,43). The summed E-state index contributed by atoms with van der Waals surface area (Å²) in [5.74, 6) is -0.399. The zero-order valence-corrected chi connectivity index (χ0v) is 26.2. The number of hydrogen-bond donors (Lipinski definition) is 3. The molecule has 0 aliphatic carbocycles. The van der Waals surface area contributed by atoms with E-state index in [9.17, 15) is 28.5 Å². The largest absolute Gasteiger partial charge is 0.478 e. The first-order valence-electron chi connectivity index (χ1n) is 12.9. The van der Waals surface area contributed by atoms with Crippen molar-refractivity contribution in [2.45, 2.75) is 12.2 Å². The molecule has 46 heavy (non-hydrogen) atoms. The van der Waals surface area contributed by atoms with E-state index in [4.69, 9.17) is 37.7 Å². The van der Waals surface area contributed by atoms with Crippen LogP contribution in [0.1, 0.15) is 27.0 Å². The van der Waals surface area contributed by atoms with Gasteiger partial charge in [-0.1, -0.05) is 64.9 Å². The highest BCUT2D eigenvalue weighted by molar-refractivity contribution is 7.52. The summed E-state index contributed by atoms with van der Waals surface area (Å²) in [5, 5.41) is 24.5. The Morgan fingerprint density at radius 2 is 1.74 bits per heavy atom. The quantitative estimate of drug-likeness (QED) is 0.131. The molecule has 10 nitrogen and oxygen atoms in total. The number of hydrogen-bond acceptors (Lipinski definition) is 7. The van der Waals surface area contributed by atoms with Gasteiger partial charge in [0.25, 0.3) is 0 Å². The minimum absolute atomic E-state index is 0.0567. The monoisotopic (exact) mass is 702 g/mol. The summed E-state index contributed by atoms with van der Waals surface area (Å²) in [6.07, 6.45) is 0. The molecule has 16 heteroatoms. The zero-order valence-electron chi connectivity index (χ0n) is 23.0. The summed E-state index contributed by atoms with van der Waals surface area (Å²) in [5.41, 5.74) is -4.85. The number of carbonyl (C=O) groups is 1. The molecule has 0 fully saturated rings. The van der Waals surface area contributed by atoms with Crippen molar-refractivity contribution in [2.75, 3.05) is 0 Å². The van der Waals surface area contributed by atoms with Crippen molar-refractivity contribution in [3.63, 3.8) is 0 Å². The van der Waals surface area contributed by atoms with Crippen LogP contribution >= 0.6 is 42.1 Å². The van der Waals surface area contributed by atoms with E-state index in [-0.39, 0.29) is 17.1 Å². The molecule has 0 saturated heterocycles. The number of aromatic nitrogens is 2. The molecule has 0 atom stereocenters. The van der Waals surface area contributed by atoms with Crippen LogP contribution in [0.4, 0.5) is 14.5 Å². The second kappa shape index (κ2) is 13.1. The Morgan fingerprint density at radius 3 is 2.41 bits per heavy atom. The van der Waals surface area contributed by atoms with Crippen molar-refractivity contribution < 1.29 is 37.8 Å². The maximum absolute atomic E-state index is 14.5. The Hall–Kier alpha value is -4.41. The first kappa shape index (κ1) is 33.0. The molecule has 3 N–H and O–H groups in total. The van der Waals surface area contributed by atoms with Crippen molar-refractivity contribution in [2.24, 2.45) is 4.99 Å². The lowest BCUT2D eigenvalue weighted by Gasteiger charge is -2.19. The minimum atomic E-state index is -5.90. The Bertz CT molecular complexity index is 2140. The van der Waals surface area contributed by atoms with E-state index in [0.717, 1.165) is 12.1 Å². The van der Waals surface area contributed by atoms with Gasteiger partial charge in [0, 0.05) is 5.56 Å². The predicted molar refractivity (Wildman–Crippen MR) is 167 cm³/mol. The van der Waals surface area contributed by atoms with Crippen LogP contribution in [0, 0.1) is 11.3 Å². The third-order valence-electron chi connectivity index (χ3n) is 6.37. The molecule has 0 amide bonds. The Morgan fingerprint density at radius 1 is 1.02 bits per heavy atom. The average Bonchev–Trinajstić information content (AvgIpc) is 3.40. The molecule has 5 aromatic rings. The fourth-order valence-corrected chi connectivity index (χ4v) is 5.89. The van der Waals surface area contributed by atoms with Gasteiger partial charge in [-0.25, -0.2) is 14.5 Å². The summed E-state index contributed by atoms with van der Waals surface area (Å²) < 4.78 is 47.7. The lowest BCUT2D eigenvalue weighted by molar-refractivity contribution is 0.0561. The number of rotatable bonds is 9. The highest BCUT2D eigenvalue weighted by Crippen LogP contribution is 2.59. The van der Waals surface area contributed by atoms with E-state index >= 15 is 0 Å². The van der Waals surface area contributed by atoms with Gasteiger partial charge < -0.3 is 19.6 Å². The maximum atomic E-state index is 14.5. The van der Waals surface area contributed by atoms with Crippen LogP contribution in [0.25, 0.3) is 10.6 Å². The van der Waals surface area contributed by atoms with Crippen LogP contribution in [0.5, 0.6) is 11.5 Å². The van der Waals surface area contributed by atoms with Gasteiger partial charge in [0.15, 0.2) is 0 Å². The van der Waals surface area contributed by atoms with Crippen molar-refractivity contribution in [1.82, 2.24) is 9.78 Å². The summed E-state index contributed by atoms with van der Waals surface area (Å²) in [4.78, 5) is 34.6. The van der Waals surface area contributed by atoms with Crippen LogP contribution in [-0.4, -0.2) is 30.6 Å². The van der Waals surface area contributed by atoms with Gasteiger partial charge in [-0.15, -0.1) is 0 Å². The molecule has 234 valence electrons. The molecule has 1 heterocycles. The molecule has 0 radical (unpaired) electrons. The van der Waals surface area contributed by atoms with E-state index in [1.54, 1.807) is 60.7 Å². The molecule has 0 spiro atoms. The number of carboxylic acids is 1. The van der Waals surface area contributed by atoms with Crippen LogP contribution in [-0.2, 0) is 16.8 Å². The predicted octanol–water partition coefficient (Wildman–Crippen LogP) is 7.79. The second-order valence-electron chi connectivity index (χ2n) is 9.60. The first-order chi connectivity index (χ1) is 21.7. The molecule has 0 aliphatic heterocycles. The summed E-state index contributed by atoms with van der Waals surface area (Å²) in [6.45, 7) is -0.0642. The fourth-order valence-electron chi connectivity index (χ4n) is 4.17. The molecule has 0 bridgehead atoms. The fraction of sp³-hybridized carbons (Fsp3) is 0.0667. The van der Waals surface area contributed by atoms with E-state index in [0.29, 0.717) is 43.1 Å². The number of alkyl halides is 2. The summed E-state index contributed by atoms with van der Waals surface area (Å²) in [7, 11) is -5.90. The van der Waals surface area contributed by atoms with E-state index in [2.05, 4.69) is 10.1 Å².